The lowest BCUT2D eigenvalue weighted by atomic mass is 9.87. The van der Waals surface area contributed by atoms with Gasteiger partial charge in [0.2, 0.25) is 5.91 Å². The Hall–Kier alpha value is -3.08. The Morgan fingerprint density at radius 2 is 1.81 bits per heavy atom. The molecule has 1 aromatic rings. The zero-order valence-electron chi connectivity index (χ0n) is 21.6. The van der Waals surface area contributed by atoms with Crippen molar-refractivity contribution in [1.82, 2.24) is 14.7 Å². The zero-order chi connectivity index (χ0) is 25.2. The Balaban J connectivity index is 1.52. The number of carbonyl (C=O) groups is 1. The van der Waals surface area contributed by atoms with E-state index in [0.29, 0.717) is 26.3 Å². The van der Waals surface area contributed by atoms with Crippen LogP contribution in [-0.2, 0) is 9.53 Å². The van der Waals surface area contributed by atoms with E-state index in [1.807, 2.05) is 4.90 Å². The average molecular weight is 488 g/mol. The number of likely N-dealkylation sites (tertiary alicyclic amines) is 2. The van der Waals surface area contributed by atoms with Gasteiger partial charge in [-0.15, -0.1) is 0 Å². The lowest BCUT2D eigenvalue weighted by molar-refractivity contribution is -0.133. The molecule has 0 saturated carbocycles. The van der Waals surface area contributed by atoms with E-state index in [-0.39, 0.29) is 11.8 Å². The van der Waals surface area contributed by atoms with Crippen LogP contribution in [-0.4, -0.2) is 79.6 Å². The number of carbonyl (C=O) groups excluding carboxylic acids is 1. The molecule has 0 radical (unpaired) electrons. The van der Waals surface area contributed by atoms with Crippen LogP contribution in [0.5, 0.6) is 0 Å². The highest BCUT2D eigenvalue weighted by Gasteiger charge is 2.38. The van der Waals surface area contributed by atoms with Gasteiger partial charge in [-0.25, -0.2) is 0 Å². The molecule has 7 heteroatoms. The lowest BCUT2D eigenvalue weighted by Crippen LogP contribution is -2.49. The number of nitriles is 1. The van der Waals surface area contributed by atoms with Gasteiger partial charge in [0, 0.05) is 56.5 Å². The molecular weight excluding hydrogens is 450 g/mol. The number of para-hydroxylation sites is 1. The molecule has 0 aromatic heterocycles. The van der Waals surface area contributed by atoms with Crippen molar-refractivity contribution in [2.45, 2.75) is 33.1 Å². The Bertz CT molecular complexity index is 1130. The second kappa shape index (κ2) is 10.5. The van der Waals surface area contributed by atoms with Crippen molar-refractivity contribution in [1.29, 1.82) is 5.26 Å². The maximum atomic E-state index is 13.4. The first-order chi connectivity index (χ1) is 17.5. The van der Waals surface area contributed by atoms with E-state index in [1.165, 1.54) is 22.3 Å². The van der Waals surface area contributed by atoms with E-state index in [4.69, 9.17) is 4.74 Å². The minimum absolute atomic E-state index is 0.111. The van der Waals surface area contributed by atoms with Gasteiger partial charge in [0.1, 0.15) is 5.82 Å². The molecule has 3 fully saturated rings. The number of hydrogen-bond acceptors (Lipinski definition) is 6. The number of benzene rings is 1. The Labute approximate surface area is 214 Å². The highest BCUT2D eigenvalue weighted by atomic mass is 16.5. The van der Waals surface area contributed by atoms with Crippen LogP contribution in [0.4, 0.5) is 5.69 Å². The maximum Gasteiger partial charge on any atom is 0.237 e. The number of allylic oxidation sites excluding steroid dienone is 1. The van der Waals surface area contributed by atoms with Crippen molar-refractivity contribution in [2.24, 2.45) is 5.92 Å². The first kappa shape index (κ1) is 24.6. The van der Waals surface area contributed by atoms with Gasteiger partial charge in [-0.1, -0.05) is 24.8 Å². The molecule has 0 atom stereocenters. The number of nitrogens with zero attached hydrogens (tertiary/aromatic N) is 5. The van der Waals surface area contributed by atoms with Gasteiger partial charge < -0.3 is 14.5 Å². The quantitative estimate of drug-likeness (QED) is 0.646. The van der Waals surface area contributed by atoms with Crippen LogP contribution < -0.4 is 4.90 Å². The van der Waals surface area contributed by atoms with E-state index < -0.39 is 0 Å². The SMILES string of the molecule is C=C1C(C)=C2CCN(C(=O)CN3CCOCC3)CC2=C(N2CCC(C#N)CC2)N1c1ccccc1C. The number of piperidine rings is 2. The molecule has 0 N–H and O–H groups in total. The molecule has 1 amide bonds. The van der Waals surface area contributed by atoms with Gasteiger partial charge in [-0.3, -0.25) is 14.6 Å². The molecule has 1 aromatic carbocycles. The largest absolute Gasteiger partial charge is 0.379 e. The summed E-state index contributed by atoms with van der Waals surface area (Å²) in [5, 5.41) is 9.48. The molecule has 4 aliphatic rings. The molecule has 0 aliphatic carbocycles. The average Bonchev–Trinajstić information content (AvgIpc) is 2.91. The molecule has 0 unspecified atom stereocenters. The highest BCUT2D eigenvalue weighted by Crippen LogP contribution is 2.43. The minimum atomic E-state index is 0.111. The molecule has 7 nitrogen and oxygen atoms in total. The van der Waals surface area contributed by atoms with Crippen molar-refractivity contribution in [2.75, 3.05) is 63.9 Å². The minimum Gasteiger partial charge on any atom is -0.379 e. The first-order valence-electron chi connectivity index (χ1n) is 13.2. The number of morpholine rings is 1. The summed E-state index contributed by atoms with van der Waals surface area (Å²) >= 11 is 0. The molecule has 4 heterocycles. The number of hydrogen-bond donors (Lipinski definition) is 0. The summed E-state index contributed by atoms with van der Waals surface area (Å²) in [6.07, 6.45) is 2.56. The first-order valence-corrected chi connectivity index (χ1v) is 13.2. The monoisotopic (exact) mass is 487 g/mol. The van der Waals surface area contributed by atoms with Crippen LogP contribution >= 0.6 is 0 Å². The molecule has 0 bridgehead atoms. The van der Waals surface area contributed by atoms with Gasteiger partial charge in [0.25, 0.3) is 0 Å². The third kappa shape index (κ3) is 4.68. The van der Waals surface area contributed by atoms with Crippen LogP contribution in [0.3, 0.4) is 0 Å². The van der Waals surface area contributed by atoms with E-state index in [1.54, 1.807) is 0 Å². The number of aryl methyl sites for hydroxylation is 1. The number of anilines is 1. The summed E-state index contributed by atoms with van der Waals surface area (Å²) in [5.74, 6) is 1.45. The van der Waals surface area contributed by atoms with Crippen molar-refractivity contribution in [3.8, 4) is 6.07 Å². The van der Waals surface area contributed by atoms with Crippen LogP contribution in [0.2, 0.25) is 0 Å². The standard InChI is InChI=1S/C29H37N5O2/c1-21-6-4-5-7-27(21)34-23(3)22(2)25-10-13-33(28(35)20-31-14-16-36-17-15-31)19-26(25)29(34)32-11-8-24(18-30)9-12-32/h4-7,24H,3,8-17,19-20H2,1-2H3. The highest BCUT2D eigenvalue weighted by molar-refractivity contribution is 5.80. The number of fused-ring (bicyclic) bond motifs is 1. The Morgan fingerprint density at radius 1 is 1.08 bits per heavy atom. The normalized spacial score (nSPS) is 22.1. The van der Waals surface area contributed by atoms with Crippen LogP contribution in [0.25, 0.3) is 0 Å². The Morgan fingerprint density at radius 3 is 2.50 bits per heavy atom. The van der Waals surface area contributed by atoms with Gasteiger partial charge in [0.05, 0.1) is 31.5 Å². The zero-order valence-corrected chi connectivity index (χ0v) is 21.6. The lowest BCUT2D eigenvalue weighted by Gasteiger charge is -2.47. The number of ether oxygens (including phenoxy) is 1. The van der Waals surface area contributed by atoms with Crippen molar-refractivity contribution in [3.63, 3.8) is 0 Å². The van der Waals surface area contributed by atoms with Crippen LogP contribution in [0.15, 0.2) is 59.1 Å². The van der Waals surface area contributed by atoms with Crippen LogP contribution in [0.1, 0.15) is 31.7 Å². The second-order valence-corrected chi connectivity index (χ2v) is 10.3. The van der Waals surface area contributed by atoms with E-state index in [2.05, 4.69) is 65.5 Å². The third-order valence-corrected chi connectivity index (χ3v) is 8.13. The van der Waals surface area contributed by atoms with Gasteiger partial charge >= 0.3 is 0 Å². The molecule has 36 heavy (non-hydrogen) atoms. The van der Waals surface area contributed by atoms with Crippen molar-refractivity contribution in [3.05, 3.63) is 64.6 Å². The fourth-order valence-electron chi connectivity index (χ4n) is 5.88. The van der Waals surface area contributed by atoms with Crippen molar-refractivity contribution < 1.29 is 9.53 Å². The van der Waals surface area contributed by atoms with Gasteiger partial charge in [-0.05, 0) is 55.9 Å². The van der Waals surface area contributed by atoms with Crippen LogP contribution in [0, 0.1) is 24.2 Å². The summed E-state index contributed by atoms with van der Waals surface area (Å²) in [6, 6.07) is 10.9. The number of rotatable bonds is 4. The summed E-state index contributed by atoms with van der Waals surface area (Å²) in [7, 11) is 0. The molecule has 190 valence electrons. The van der Waals surface area contributed by atoms with E-state index in [0.717, 1.165) is 69.2 Å². The number of amides is 1. The molecular formula is C29H37N5O2. The summed E-state index contributed by atoms with van der Waals surface area (Å²) in [6.45, 7) is 15.3. The van der Waals surface area contributed by atoms with E-state index in [9.17, 15) is 10.1 Å². The predicted octanol–water partition coefficient (Wildman–Crippen LogP) is 3.66. The van der Waals surface area contributed by atoms with Gasteiger partial charge in [-0.2, -0.15) is 5.26 Å². The molecule has 5 rings (SSSR count). The smallest absolute Gasteiger partial charge is 0.237 e. The summed E-state index contributed by atoms with van der Waals surface area (Å²) in [4.78, 5) is 22.4. The third-order valence-electron chi connectivity index (χ3n) is 8.13. The second-order valence-electron chi connectivity index (χ2n) is 10.3. The Kier molecular flexibility index (Phi) is 7.17. The fourth-order valence-corrected chi connectivity index (χ4v) is 5.88. The summed E-state index contributed by atoms with van der Waals surface area (Å²) < 4.78 is 5.46. The maximum absolute atomic E-state index is 13.4. The van der Waals surface area contributed by atoms with Gasteiger partial charge in [0.15, 0.2) is 0 Å². The molecule has 4 aliphatic heterocycles. The topological polar surface area (TPSA) is 63.1 Å². The fraction of sp³-hybridized carbons (Fsp3) is 0.517. The summed E-state index contributed by atoms with van der Waals surface area (Å²) in [5.41, 5.74) is 7.11. The predicted molar refractivity (Wildman–Crippen MR) is 141 cm³/mol. The van der Waals surface area contributed by atoms with Crippen molar-refractivity contribution >= 4 is 11.6 Å². The molecule has 3 saturated heterocycles. The molecule has 0 spiro atoms. The van der Waals surface area contributed by atoms with E-state index >= 15 is 0 Å².